The molecular formula is C9H7N3O3S. The fraction of sp³-hybridized carbons (Fsp3) is 0.111. The highest BCUT2D eigenvalue weighted by atomic mass is 32.2. The van der Waals surface area contributed by atoms with Gasteiger partial charge in [0.2, 0.25) is 5.16 Å². The largest absolute Gasteiger partial charge is 0.333 e. The van der Waals surface area contributed by atoms with Crippen molar-refractivity contribution in [1.82, 2.24) is 10.1 Å². The van der Waals surface area contributed by atoms with Crippen LogP contribution in [0, 0.1) is 10.1 Å². The van der Waals surface area contributed by atoms with Crippen LogP contribution in [0.3, 0.4) is 0 Å². The van der Waals surface area contributed by atoms with Crippen molar-refractivity contribution >= 4 is 17.4 Å². The van der Waals surface area contributed by atoms with Crippen LogP contribution in [0.5, 0.6) is 0 Å². The average Bonchev–Trinajstić information content (AvgIpc) is 2.77. The minimum absolute atomic E-state index is 0.0428. The summed E-state index contributed by atoms with van der Waals surface area (Å²) < 4.78 is 4.95. The first-order valence-electron chi connectivity index (χ1n) is 4.34. The Morgan fingerprint density at radius 3 is 2.81 bits per heavy atom. The molecular weight excluding hydrogens is 230 g/mol. The Morgan fingerprint density at radius 2 is 2.19 bits per heavy atom. The van der Waals surface area contributed by atoms with Crippen LogP contribution < -0.4 is 0 Å². The topological polar surface area (TPSA) is 82.1 Å². The number of nitrogens with zero attached hydrogens (tertiary/aromatic N) is 3. The summed E-state index contributed by atoms with van der Waals surface area (Å²) in [5.74, 6) is 0.164. The molecule has 0 fully saturated rings. The molecule has 0 aliphatic rings. The van der Waals surface area contributed by atoms with Crippen LogP contribution in [0.2, 0.25) is 0 Å². The normalized spacial score (nSPS) is 10.3. The van der Waals surface area contributed by atoms with E-state index in [-0.39, 0.29) is 11.6 Å². The van der Waals surface area contributed by atoms with Gasteiger partial charge in [0.05, 0.1) is 4.92 Å². The van der Waals surface area contributed by atoms with Gasteiger partial charge in [0.25, 0.3) is 11.6 Å². The molecule has 1 aromatic heterocycles. The molecule has 0 unspecified atom stereocenters. The van der Waals surface area contributed by atoms with E-state index in [1.54, 1.807) is 24.5 Å². The van der Waals surface area contributed by atoms with Crippen molar-refractivity contribution in [2.24, 2.45) is 0 Å². The summed E-state index contributed by atoms with van der Waals surface area (Å²) in [7, 11) is 0. The van der Waals surface area contributed by atoms with E-state index in [1.165, 1.54) is 17.8 Å². The second-order valence-corrected chi connectivity index (χ2v) is 3.63. The highest BCUT2D eigenvalue weighted by Gasteiger charge is 2.19. The Hall–Kier alpha value is -1.89. The van der Waals surface area contributed by atoms with Crippen LogP contribution in [-0.4, -0.2) is 21.3 Å². The smallest absolute Gasteiger partial charge is 0.282 e. The molecule has 0 bridgehead atoms. The number of para-hydroxylation sites is 1. The lowest BCUT2D eigenvalue weighted by Crippen LogP contribution is -1.91. The zero-order valence-electron chi connectivity index (χ0n) is 8.28. The van der Waals surface area contributed by atoms with Gasteiger partial charge in [0, 0.05) is 6.07 Å². The van der Waals surface area contributed by atoms with Crippen molar-refractivity contribution in [2.75, 3.05) is 6.26 Å². The Bertz CT molecular complexity index is 526. The average molecular weight is 237 g/mol. The maximum absolute atomic E-state index is 10.8. The van der Waals surface area contributed by atoms with E-state index in [0.29, 0.717) is 10.7 Å². The molecule has 6 nitrogen and oxygen atoms in total. The van der Waals surface area contributed by atoms with Crippen LogP contribution in [0.4, 0.5) is 5.69 Å². The van der Waals surface area contributed by atoms with E-state index >= 15 is 0 Å². The van der Waals surface area contributed by atoms with Crippen LogP contribution >= 0.6 is 11.8 Å². The lowest BCUT2D eigenvalue weighted by Gasteiger charge is -1.95. The summed E-state index contributed by atoms with van der Waals surface area (Å²) >= 11 is 1.31. The molecule has 0 aliphatic heterocycles. The van der Waals surface area contributed by atoms with Crippen LogP contribution in [0.1, 0.15) is 0 Å². The molecule has 2 rings (SSSR count). The first-order valence-corrected chi connectivity index (χ1v) is 5.56. The molecule has 0 aliphatic carbocycles. The van der Waals surface area contributed by atoms with Crippen molar-refractivity contribution in [3.8, 4) is 11.5 Å². The molecule has 0 saturated heterocycles. The summed E-state index contributed by atoms with van der Waals surface area (Å²) in [4.78, 5) is 14.3. The second-order valence-electron chi connectivity index (χ2n) is 2.86. The molecule has 16 heavy (non-hydrogen) atoms. The number of hydrogen-bond acceptors (Lipinski definition) is 6. The minimum Gasteiger partial charge on any atom is -0.333 e. The number of rotatable bonds is 3. The summed E-state index contributed by atoms with van der Waals surface area (Å²) in [6.07, 6.45) is 1.80. The maximum atomic E-state index is 10.8. The Morgan fingerprint density at radius 1 is 1.44 bits per heavy atom. The standard InChI is InChI=1S/C9H7N3O3S/c1-16-9-10-8(15-11-9)6-4-2-3-5-7(6)12(13)14/h2-5H,1H3. The van der Waals surface area contributed by atoms with Gasteiger partial charge in [-0.25, -0.2) is 0 Å². The first kappa shape index (κ1) is 10.6. The SMILES string of the molecule is CSc1noc(-c2ccccc2[N+](=O)[O-])n1. The van der Waals surface area contributed by atoms with Gasteiger partial charge < -0.3 is 4.52 Å². The summed E-state index contributed by atoms with van der Waals surface area (Å²) in [5.41, 5.74) is 0.291. The van der Waals surface area contributed by atoms with Crippen molar-refractivity contribution < 1.29 is 9.45 Å². The van der Waals surface area contributed by atoms with Crippen molar-refractivity contribution in [3.63, 3.8) is 0 Å². The van der Waals surface area contributed by atoms with Gasteiger partial charge >= 0.3 is 0 Å². The molecule has 7 heteroatoms. The van der Waals surface area contributed by atoms with E-state index < -0.39 is 4.92 Å². The van der Waals surface area contributed by atoms with Crippen molar-refractivity contribution in [2.45, 2.75) is 5.16 Å². The molecule has 0 atom stereocenters. The molecule has 0 spiro atoms. The van der Waals surface area contributed by atoms with E-state index in [2.05, 4.69) is 10.1 Å². The predicted molar refractivity (Wildman–Crippen MR) is 58.2 cm³/mol. The zero-order valence-corrected chi connectivity index (χ0v) is 9.10. The lowest BCUT2D eigenvalue weighted by atomic mass is 10.2. The van der Waals surface area contributed by atoms with E-state index in [1.807, 2.05) is 0 Å². The molecule has 1 aromatic carbocycles. The molecule has 0 amide bonds. The number of hydrogen-bond donors (Lipinski definition) is 0. The molecule has 0 N–H and O–H groups in total. The summed E-state index contributed by atoms with van der Waals surface area (Å²) in [6, 6.07) is 6.26. The van der Waals surface area contributed by atoms with Gasteiger partial charge in [-0.1, -0.05) is 23.9 Å². The second kappa shape index (κ2) is 4.31. The first-order chi connectivity index (χ1) is 7.72. The van der Waals surface area contributed by atoms with Gasteiger partial charge in [0.1, 0.15) is 5.56 Å². The summed E-state index contributed by atoms with van der Waals surface area (Å²) in [5, 5.41) is 14.9. The molecule has 2 aromatic rings. The number of nitro benzene ring substituents is 1. The van der Waals surface area contributed by atoms with Gasteiger partial charge in [-0.15, -0.1) is 0 Å². The van der Waals surface area contributed by atoms with Gasteiger partial charge in [-0.05, 0) is 17.5 Å². The monoisotopic (exact) mass is 237 g/mol. The van der Waals surface area contributed by atoms with Crippen LogP contribution in [-0.2, 0) is 0 Å². The van der Waals surface area contributed by atoms with Crippen LogP contribution in [0.15, 0.2) is 33.9 Å². The van der Waals surface area contributed by atoms with E-state index in [0.717, 1.165) is 0 Å². The van der Waals surface area contributed by atoms with Gasteiger partial charge in [-0.2, -0.15) is 4.98 Å². The quantitative estimate of drug-likeness (QED) is 0.463. The highest BCUT2D eigenvalue weighted by molar-refractivity contribution is 7.98. The van der Waals surface area contributed by atoms with E-state index in [9.17, 15) is 10.1 Å². The Labute approximate surface area is 94.8 Å². The van der Waals surface area contributed by atoms with Gasteiger partial charge in [-0.3, -0.25) is 10.1 Å². The predicted octanol–water partition coefficient (Wildman–Crippen LogP) is 2.37. The number of nitro groups is 1. The molecule has 82 valence electrons. The zero-order chi connectivity index (χ0) is 11.5. The van der Waals surface area contributed by atoms with Crippen molar-refractivity contribution in [1.29, 1.82) is 0 Å². The maximum Gasteiger partial charge on any atom is 0.282 e. The van der Waals surface area contributed by atoms with Crippen LogP contribution in [0.25, 0.3) is 11.5 Å². The van der Waals surface area contributed by atoms with E-state index in [4.69, 9.17) is 4.52 Å². The highest BCUT2D eigenvalue weighted by Crippen LogP contribution is 2.28. The fourth-order valence-electron chi connectivity index (χ4n) is 1.22. The molecule has 0 radical (unpaired) electrons. The number of thioether (sulfide) groups is 1. The third-order valence-corrected chi connectivity index (χ3v) is 2.45. The summed E-state index contributed by atoms with van der Waals surface area (Å²) in [6.45, 7) is 0. The van der Waals surface area contributed by atoms with Gasteiger partial charge in [0.15, 0.2) is 0 Å². The minimum atomic E-state index is -0.474. The fourth-order valence-corrected chi connectivity index (χ4v) is 1.50. The molecule has 0 saturated carbocycles. The molecule has 1 heterocycles. The third kappa shape index (κ3) is 1.89. The lowest BCUT2D eigenvalue weighted by molar-refractivity contribution is -0.384. The number of aromatic nitrogens is 2. The third-order valence-electron chi connectivity index (χ3n) is 1.92. The number of benzene rings is 1. The van der Waals surface area contributed by atoms with Crippen molar-refractivity contribution in [3.05, 3.63) is 34.4 Å². The Balaban J connectivity index is 2.50. The Kier molecular flexibility index (Phi) is 2.86.